The molecule has 0 amide bonds. The van der Waals surface area contributed by atoms with Gasteiger partial charge in [-0.25, -0.2) is 0 Å². The lowest BCUT2D eigenvalue weighted by Gasteiger charge is -2.17. The van der Waals surface area contributed by atoms with Crippen molar-refractivity contribution in [1.82, 2.24) is 0 Å². The van der Waals surface area contributed by atoms with Crippen molar-refractivity contribution in [3.8, 4) is 5.75 Å². The predicted molar refractivity (Wildman–Crippen MR) is 81.7 cm³/mol. The van der Waals surface area contributed by atoms with Crippen LogP contribution >= 0.6 is 22.9 Å². The number of benzene rings is 1. The van der Waals surface area contributed by atoms with Gasteiger partial charge in [-0.05, 0) is 46.5 Å². The summed E-state index contributed by atoms with van der Waals surface area (Å²) in [7, 11) is 0. The van der Waals surface area contributed by atoms with E-state index in [1.807, 2.05) is 0 Å². The van der Waals surface area contributed by atoms with Gasteiger partial charge < -0.3 is 4.74 Å². The number of aryl methyl sites for hydroxylation is 1. The average molecular weight is 293 g/mol. The third-order valence-electron chi connectivity index (χ3n) is 3.78. The van der Waals surface area contributed by atoms with Crippen molar-refractivity contribution in [2.45, 2.75) is 31.6 Å². The van der Waals surface area contributed by atoms with E-state index in [4.69, 9.17) is 16.3 Å². The number of fused-ring (bicyclic) bond motifs is 1. The van der Waals surface area contributed by atoms with Crippen LogP contribution in [0.5, 0.6) is 5.75 Å². The molecule has 1 aliphatic heterocycles. The van der Waals surface area contributed by atoms with Crippen LogP contribution in [0.15, 0.2) is 29.0 Å². The Morgan fingerprint density at radius 2 is 2.11 bits per heavy atom. The molecule has 3 rings (SSSR count). The lowest BCUT2D eigenvalue weighted by Crippen LogP contribution is -2.18. The van der Waals surface area contributed by atoms with Gasteiger partial charge in [0, 0.05) is 11.0 Å². The van der Waals surface area contributed by atoms with Gasteiger partial charge in [-0.3, -0.25) is 0 Å². The van der Waals surface area contributed by atoms with Crippen LogP contribution in [0.3, 0.4) is 0 Å². The summed E-state index contributed by atoms with van der Waals surface area (Å²) in [5, 5.41) is 4.21. The highest BCUT2D eigenvalue weighted by atomic mass is 35.5. The zero-order valence-corrected chi connectivity index (χ0v) is 12.9. The fourth-order valence-electron chi connectivity index (χ4n) is 2.51. The van der Waals surface area contributed by atoms with Gasteiger partial charge in [0.2, 0.25) is 0 Å². The molecule has 1 aromatic carbocycles. The van der Waals surface area contributed by atoms with E-state index in [9.17, 15) is 0 Å². The lowest BCUT2D eigenvalue weighted by atomic mass is 9.85. The van der Waals surface area contributed by atoms with Crippen molar-refractivity contribution in [2.24, 2.45) is 0 Å². The minimum atomic E-state index is -0.0760. The summed E-state index contributed by atoms with van der Waals surface area (Å²) >= 11 is 8.34. The highest BCUT2D eigenvalue weighted by Crippen LogP contribution is 2.42. The van der Waals surface area contributed by atoms with E-state index in [1.54, 1.807) is 11.3 Å². The van der Waals surface area contributed by atoms with Crippen LogP contribution in [0.4, 0.5) is 0 Å². The minimum absolute atomic E-state index is 0.0750. The molecular formula is C16H17ClOS. The first kappa shape index (κ1) is 13.0. The van der Waals surface area contributed by atoms with Gasteiger partial charge >= 0.3 is 0 Å². The number of halogens is 1. The molecule has 0 bridgehead atoms. The number of ether oxygens (including phenoxy) is 1. The van der Waals surface area contributed by atoms with Gasteiger partial charge in [-0.2, -0.15) is 11.3 Å². The quantitative estimate of drug-likeness (QED) is 0.703. The van der Waals surface area contributed by atoms with Crippen molar-refractivity contribution < 1.29 is 4.74 Å². The maximum atomic E-state index is 6.64. The van der Waals surface area contributed by atoms with E-state index in [2.05, 4.69) is 49.7 Å². The molecule has 2 heterocycles. The Morgan fingerprint density at radius 1 is 1.32 bits per heavy atom. The van der Waals surface area contributed by atoms with Gasteiger partial charge in [0.25, 0.3) is 0 Å². The predicted octanol–water partition coefficient (Wildman–Crippen LogP) is 5.05. The third-order valence-corrected chi connectivity index (χ3v) is 5.15. The van der Waals surface area contributed by atoms with Crippen LogP contribution in [-0.4, -0.2) is 6.61 Å². The fourth-order valence-corrected chi connectivity index (χ4v) is 3.83. The highest BCUT2D eigenvalue weighted by molar-refractivity contribution is 7.08. The van der Waals surface area contributed by atoms with E-state index >= 15 is 0 Å². The first-order chi connectivity index (χ1) is 8.99. The van der Waals surface area contributed by atoms with Gasteiger partial charge in [-0.1, -0.05) is 19.9 Å². The molecule has 1 atom stereocenters. The number of hydrogen-bond acceptors (Lipinski definition) is 2. The second-order valence-electron chi connectivity index (χ2n) is 5.80. The number of thiophene rings is 1. The molecule has 0 spiro atoms. The van der Waals surface area contributed by atoms with E-state index < -0.39 is 0 Å². The van der Waals surface area contributed by atoms with Crippen LogP contribution in [0.2, 0.25) is 0 Å². The van der Waals surface area contributed by atoms with Crippen LogP contribution in [0.1, 0.15) is 41.5 Å². The van der Waals surface area contributed by atoms with Gasteiger partial charge in [0.1, 0.15) is 5.75 Å². The number of hydrogen-bond donors (Lipinski definition) is 0. The summed E-state index contributed by atoms with van der Waals surface area (Å²) in [5.41, 5.74) is 4.97. The number of rotatable bonds is 2. The molecular weight excluding hydrogens is 276 g/mol. The zero-order chi connectivity index (χ0) is 13.6. The van der Waals surface area contributed by atoms with Crippen LogP contribution in [-0.2, 0) is 5.41 Å². The molecule has 0 aliphatic carbocycles. The van der Waals surface area contributed by atoms with Gasteiger partial charge in [0.15, 0.2) is 0 Å². The Bertz CT molecular complexity index is 615. The van der Waals surface area contributed by atoms with Gasteiger partial charge in [0.05, 0.1) is 12.0 Å². The van der Waals surface area contributed by atoms with Gasteiger partial charge in [-0.15, -0.1) is 11.6 Å². The molecule has 1 aromatic heterocycles. The molecule has 0 saturated carbocycles. The smallest absolute Gasteiger partial charge is 0.123 e. The molecule has 0 radical (unpaired) electrons. The molecule has 0 N–H and O–H groups in total. The largest absolute Gasteiger partial charge is 0.492 e. The third kappa shape index (κ3) is 2.17. The first-order valence-electron chi connectivity index (χ1n) is 6.43. The second-order valence-corrected chi connectivity index (χ2v) is 6.98. The Labute approximate surface area is 123 Å². The standard InChI is InChI=1S/C16H17ClOS/c1-10-7-19-8-12(10)15(17)11-4-5-14-13(6-11)16(2,3)9-18-14/h4-8,15H,9H2,1-3H3. The number of alkyl halides is 1. The topological polar surface area (TPSA) is 9.23 Å². The molecule has 0 saturated heterocycles. The van der Waals surface area contributed by atoms with E-state index in [0.29, 0.717) is 0 Å². The van der Waals surface area contributed by atoms with Crippen LogP contribution in [0.25, 0.3) is 0 Å². The van der Waals surface area contributed by atoms with E-state index in [0.717, 1.165) is 17.9 Å². The fraction of sp³-hybridized carbons (Fsp3) is 0.375. The zero-order valence-electron chi connectivity index (χ0n) is 11.4. The minimum Gasteiger partial charge on any atom is -0.492 e. The van der Waals surface area contributed by atoms with Crippen LogP contribution < -0.4 is 4.74 Å². The highest BCUT2D eigenvalue weighted by Gasteiger charge is 2.32. The van der Waals surface area contributed by atoms with E-state index in [1.165, 1.54) is 16.7 Å². The molecule has 0 fully saturated rings. The normalized spacial score (nSPS) is 17.9. The van der Waals surface area contributed by atoms with E-state index in [-0.39, 0.29) is 10.8 Å². The monoisotopic (exact) mass is 292 g/mol. The van der Waals surface area contributed by atoms with Crippen molar-refractivity contribution in [3.05, 3.63) is 51.2 Å². The molecule has 19 heavy (non-hydrogen) atoms. The summed E-state index contributed by atoms with van der Waals surface area (Å²) in [6.45, 7) is 7.28. The van der Waals surface area contributed by atoms with Crippen LogP contribution in [0, 0.1) is 6.92 Å². The Balaban J connectivity index is 2.02. The maximum absolute atomic E-state index is 6.64. The summed E-state index contributed by atoms with van der Waals surface area (Å²) in [4.78, 5) is 0. The van der Waals surface area contributed by atoms with Crippen molar-refractivity contribution in [1.29, 1.82) is 0 Å². The Hall–Kier alpha value is -0.990. The van der Waals surface area contributed by atoms with Crippen molar-refractivity contribution in [3.63, 3.8) is 0 Å². The Morgan fingerprint density at radius 3 is 2.79 bits per heavy atom. The maximum Gasteiger partial charge on any atom is 0.123 e. The second kappa shape index (κ2) is 4.53. The summed E-state index contributed by atoms with van der Waals surface area (Å²) in [6.07, 6.45) is 0. The molecule has 2 aromatic rings. The molecule has 1 nitrogen and oxygen atoms in total. The lowest BCUT2D eigenvalue weighted by molar-refractivity contribution is 0.291. The SMILES string of the molecule is Cc1cscc1C(Cl)c1ccc2c(c1)C(C)(C)CO2. The molecule has 1 aliphatic rings. The molecule has 1 unspecified atom stereocenters. The summed E-state index contributed by atoms with van der Waals surface area (Å²) in [6, 6.07) is 6.34. The Kier molecular flexibility index (Phi) is 3.11. The summed E-state index contributed by atoms with van der Waals surface area (Å²) in [5.74, 6) is 1.000. The molecule has 3 heteroatoms. The summed E-state index contributed by atoms with van der Waals surface area (Å²) < 4.78 is 5.72. The average Bonchev–Trinajstić information content (AvgIpc) is 2.93. The first-order valence-corrected chi connectivity index (χ1v) is 7.81. The van der Waals surface area contributed by atoms with Crippen molar-refractivity contribution in [2.75, 3.05) is 6.61 Å². The van der Waals surface area contributed by atoms with Crippen molar-refractivity contribution >= 4 is 22.9 Å². The molecule has 100 valence electrons.